The van der Waals surface area contributed by atoms with Crippen molar-refractivity contribution in [1.29, 1.82) is 0 Å². The summed E-state index contributed by atoms with van der Waals surface area (Å²) in [5, 5.41) is 10.6. The first-order valence-electron chi connectivity index (χ1n) is 7.78. The molecule has 0 spiro atoms. The number of nitrogens with zero attached hydrogens (tertiary/aromatic N) is 2. The quantitative estimate of drug-likeness (QED) is 0.915. The topological polar surface area (TPSA) is 26.7 Å². The van der Waals surface area contributed by atoms with Crippen LogP contribution >= 0.6 is 0 Å². The maximum absolute atomic E-state index is 10.6. The van der Waals surface area contributed by atoms with E-state index in [1.165, 1.54) is 12.0 Å². The van der Waals surface area contributed by atoms with E-state index in [0.717, 1.165) is 38.2 Å². The van der Waals surface area contributed by atoms with Gasteiger partial charge in [0.25, 0.3) is 0 Å². The molecule has 1 N–H and O–H groups in total. The number of hydrogen-bond acceptors (Lipinski definition) is 3. The monoisotopic (exact) mass is 276 g/mol. The van der Waals surface area contributed by atoms with Crippen LogP contribution in [0.3, 0.4) is 0 Å². The van der Waals surface area contributed by atoms with Crippen molar-refractivity contribution in [3.63, 3.8) is 0 Å². The van der Waals surface area contributed by atoms with E-state index in [-0.39, 0.29) is 6.10 Å². The lowest BCUT2D eigenvalue weighted by atomic mass is 10.0. The van der Waals surface area contributed by atoms with Crippen LogP contribution in [0.2, 0.25) is 0 Å². The lowest BCUT2D eigenvalue weighted by Crippen LogP contribution is -2.41. The zero-order valence-corrected chi connectivity index (χ0v) is 13.0. The van der Waals surface area contributed by atoms with Crippen LogP contribution in [-0.2, 0) is 0 Å². The van der Waals surface area contributed by atoms with Crippen molar-refractivity contribution in [2.75, 3.05) is 33.2 Å². The fourth-order valence-electron chi connectivity index (χ4n) is 3.20. The minimum atomic E-state index is -0.381. The third kappa shape index (κ3) is 3.81. The highest BCUT2D eigenvalue weighted by atomic mass is 16.3. The number of benzene rings is 1. The first-order chi connectivity index (χ1) is 9.61. The van der Waals surface area contributed by atoms with Crippen molar-refractivity contribution < 1.29 is 5.11 Å². The number of hydrogen-bond donors (Lipinski definition) is 1. The number of aliphatic hydroxyl groups is 1. The third-order valence-electron chi connectivity index (χ3n) is 4.45. The normalized spacial score (nSPS) is 23.5. The molecular formula is C17H28N2O. The first kappa shape index (κ1) is 15.5. The molecule has 1 aromatic carbocycles. The molecular weight excluding hydrogens is 248 g/mol. The van der Waals surface area contributed by atoms with Gasteiger partial charge in [0.1, 0.15) is 0 Å². The molecule has 0 amide bonds. The van der Waals surface area contributed by atoms with Gasteiger partial charge in [-0.15, -0.1) is 0 Å². The summed E-state index contributed by atoms with van der Waals surface area (Å²) in [5.74, 6) is 0. The second-order valence-corrected chi connectivity index (χ2v) is 6.05. The Morgan fingerprint density at radius 2 is 2.05 bits per heavy atom. The van der Waals surface area contributed by atoms with E-state index in [2.05, 4.69) is 36.8 Å². The van der Waals surface area contributed by atoms with E-state index in [9.17, 15) is 5.11 Å². The second kappa shape index (κ2) is 7.21. The van der Waals surface area contributed by atoms with Crippen LogP contribution in [0.1, 0.15) is 37.0 Å². The molecule has 2 rings (SSSR count). The molecule has 1 aliphatic heterocycles. The second-order valence-electron chi connectivity index (χ2n) is 6.05. The van der Waals surface area contributed by atoms with Gasteiger partial charge in [0.05, 0.1) is 6.10 Å². The van der Waals surface area contributed by atoms with E-state index >= 15 is 0 Å². The average molecular weight is 276 g/mol. The molecule has 1 aliphatic rings. The fourth-order valence-corrected chi connectivity index (χ4v) is 3.20. The van der Waals surface area contributed by atoms with Gasteiger partial charge >= 0.3 is 0 Å². The fraction of sp³-hybridized carbons (Fsp3) is 0.647. The van der Waals surface area contributed by atoms with Crippen LogP contribution in [0, 0.1) is 6.92 Å². The van der Waals surface area contributed by atoms with Crippen molar-refractivity contribution in [2.45, 2.75) is 38.8 Å². The molecule has 112 valence electrons. The van der Waals surface area contributed by atoms with Crippen LogP contribution in [0.5, 0.6) is 0 Å². The molecule has 0 aliphatic carbocycles. The van der Waals surface area contributed by atoms with Crippen molar-refractivity contribution in [1.82, 2.24) is 9.80 Å². The number of rotatable bonds is 4. The van der Waals surface area contributed by atoms with Gasteiger partial charge in [-0.1, -0.05) is 31.2 Å². The number of aryl methyl sites for hydroxylation is 1. The minimum Gasteiger partial charge on any atom is -0.387 e. The van der Waals surface area contributed by atoms with Crippen molar-refractivity contribution in [2.24, 2.45) is 0 Å². The maximum Gasteiger partial charge on any atom is 0.0919 e. The summed E-state index contributed by atoms with van der Waals surface area (Å²) in [6, 6.07) is 8.72. The Morgan fingerprint density at radius 3 is 2.75 bits per heavy atom. The average Bonchev–Trinajstić information content (AvgIpc) is 2.61. The molecule has 20 heavy (non-hydrogen) atoms. The molecule has 1 saturated heterocycles. The smallest absolute Gasteiger partial charge is 0.0919 e. The molecule has 3 nitrogen and oxygen atoms in total. The van der Waals surface area contributed by atoms with Crippen molar-refractivity contribution in [3.05, 3.63) is 35.4 Å². The van der Waals surface area contributed by atoms with Gasteiger partial charge in [0, 0.05) is 19.1 Å². The summed E-state index contributed by atoms with van der Waals surface area (Å²) in [7, 11) is 2.20. The van der Waals surface area contributed by atoms with Gasteiger partial charge < -0.3 is 10.0 Å². The zero-order chi connectivity index (χ0) is 14.5. The van der Waals surface area contributed by atoms with Crippen LogP contribution in [0.4, 0.5) is 0 Å². The Kier molecular flexibility index (Phi) is 5.58. The highest BCUT2D eigenvalue weighted by Gasteiger charge is 2.24. The molecule has 0 saturated carbocycles. The number of aliphatic hydroxyl groups excluding tert-OH is 1. The summed E-state index contributed by atoms with van der Waals surface area (Å²) >= 11 is 0. The standard InChI is InChI=1S/C17H28N2O/c1-4-15-12-18(3)10-7-11-19(15)13-17(20)16-9-6-5-8-14(16)2/h5-6,8-9,15,17,20H,4,7,10-13H2,1-3H3. The molecule has 0 bridgehead atoms. The van der Waals surface area contributed by atoms with E-state index in [1.807, 2.05) is 18.2 Å². The van der Waals surface area contributed by atoms with Crippen LogP contribution in [0.25, 0.3) is 0 Å². The lowest BCUT2D eigenvalue weighted by molar-refractivity contribution is 0.0850. The SMILES string of the molecule is CCC1CN(C)CCCN1CC(O)c1ccccc1C. The molecule has 2 unspecified atom stereocenters. The van der Waals surface area contributed by atoms with Gasteiger partial charge in [0.2, 0.25) is 0 Å². The van der Waals surface area contributed by atoms with Gasteiger partial charge in [-0.05, 0) is 51.0 Å². The van der Waals surface area contributed by atoms with E-state index in [0.29, 0.717) is 6.04 Å². The Morgan fingerprint density at radius 1 is 1.30 bits per heavy atom. The summed E-state index contributed by atoms with van der Waals surface area (Å²) in [6.07, 6.45) is 1.95. The lowest BCUT2D eigenvalue weighted by Gasteiger charge is -2.32. The predicted octanol–water partition coefficient (Wildman–Crippen LogP) is 2.44. The van der Waals surface area contributed by atoms with Gasteiger partial charge in [-0.2, -0.15) is 0 Å². The minimum absolute atomic E-state index is 0.381. The van der Waals surface area contributed by atoms with Crippen LogP contribution in [-0.4, -0.2) is 54.2 Å². The molecule has 2 atom stereocenters. The maximum atomic E-state index is 10.6. The zero-order valence-electron chi connectivity index (χ0n) is 13.0. The first-order valence-corrected chi connectivity index (χ1v) is 7.78. The van der Waals surface area contributed by atoms with E-state index < -0.39 is 0 Å². The van der Waals surface area contributed by atoms with Gasteiger partial charge in [-0.25, -0.2) is 0 Å². The van der Waals surface area contributed by atoms with E-state index in [4.69, 9.17) is 0 Å². The molecule has 0 radical (unpaired) electrons. The van der Waals surface area contributed by atoms with E-state index in [1.54, 1.807) is 0 Å². The highest BCUT2D eigenvalue weighted by Crippen LogP contribution is 2.21. The Hall–Kier alpha value is -0.900. The largest absolute Gasteiger partial charge is 0.387 e. The Balaban J connectivity index is 2.05. The molecule has 1 aromatic rings. The van der Waals surface area contributed by atoms with Gasteiger partial charge in [-0.3, -0.25) is 4.90 Å². The summed E-state index contributed by atoms with van der Waals surface area (Å²) in [6.45, 7) is 8.43. The Labute approximate surface area is 123 Å². The Bertz CT molecular complexity index is 421. The third-order valence-corrected chi connectivity index (χ3v) is 4.45. The molecule has 3 heteroatoms. The summed E-state index contributed by atoms with van der Waals surface area (Å²) in [4.78, 5) is 4.88. The van der Waals surface area contributed by atoms with Crippen molar-refractivity contribution >= 4 is 0 Å². The predicted molar refractivity (Wildman–Crippen MR) is 83.9 cm³/mol. The number of likely N-dealkylation sites (N-methyl/N-ethyl adjacent to an activating group) is 1. The van der Waals surface area contributed by atoms with Crippen LogP contribution < -0.4 is 0 Å². The highest BCUT2D eigenvalue weighted by molar-refractivity contribution is 5.27. The summed E-state index contributed by atoms with van der Waals surface area (Å²) < 4.78 is 0. The summed E-state index contributed by atoms with van der Waals surface area (Å²) in [5.41, 5.74) is 2.25. The molecule has 0 aromatic heterocycles. The number of β-amino-alcohol motifs (C(OH)–C–C–N with tert-alkyl or cyclic N) is 1. The van der Waals surface area contributed by atoms with Crippen LogP contribution in [0.15, 0.2) is 24.3 Å². The van der Waals surface area contributed by atoms with Crippen molar-refractivity contribution in [3.8, 4) is 0 Å². The van der Waals surface area contributed by atoms with Gasteiger partial charge in [0.15, 0.2) is 0 Å². The molecule has 1 heterocycles. The molecule has 1 fully saturated rings.